The molecule has 0 spiro atoms. The van der Waals surface area contributed by atoms with Crippen LogP contribution in [0.5, 0.6) is 11.5 Å². The Balaban J connectivity index is 2.73. The average molecular weight is 253 g/mol. The Morgan fingerprint density at radius 3 is 2.72 bits per heavy atom. The highest BCUT2D eigenvalue weighted by Crippen LogP contribution is 2.24. The fourth-order valence-electron chi connectivity index (χ4n) is 1.35. The van der Waals surface area contributed by atoms with Crippen LogP contribution < -0.4 is 9.47 Å². The minimum Gasteiger partial charge on any atom is -0.497 e. The molecule has 100 valence electrons. The van der Waals surface area contributed by atoms with Gasteiger partial charge in [-0.25, -0.2) is 0 Å². The summed E-state index contributed by atoms with van der Waals surface area (Å²) in [6.07, 6.45) is 0. The molecule has 0 fully saturated rings. The van der Waals surface area contributed by atoms with Gasteiger partial charge in [-0.3, -0.25) is 4.79 Å². The number of likely N-dealkylation sites (N-methyl/N-ethyl adjacent to an activating group) is 1. The first-order valence-electron chi connectivity index (χ1n) is 5.76. The Bertz CT molecular complexity index is 406. The van der Waals surface area contributed by atoms with Crippen molar-refractivity contribution in [2.45, 2.75) is 13.5 Å². The molecule has 0 radical (unpaired) electrons. The standard InChI is InChI=1S/C13H19NO4/c1-4-14(2)13(16)9-18-12-7-11(17-3)6-5-10(12)8-15/h5-7,15H,4,8-9H2,1-3H3. The lowest BCUT2D eigenvalue weighted by Crippen LogP contribution is -2.31. The predicted octanol–water partition coefficient (Wildman–Crippen LogP) is 1.04. The smallest absolute Gasteiger partial charge is 0.260 e. The Kier molecular flexibility index (Phi) is 5.45. The zero-order valence-electron chi connectivity index (χ0n) is 11.0. The van der Waals surface area contributed by atoms with Crippen molar-refractivity contribution in [2.75, 3.05) is 27.3 Å². The SMILES string of the molecule is CCN(C)C(=O)COc1cc(OC)ccc1CO. The molecule has 0 saturated heterocycles. The lowest BCUT2D eigenvalue weighted by Gasteiger charge is -2.16. The van der Waals surface area contributed by atoms with Crippen molar-refractivity contribution in [1.29, 1.82) is 0 Å². The molecule has 0 aromatic heterocycles. The van der Waals surface area contributed by atoms with E-state index in [1.54, 1.807) is 37.3 Å². The molecule has 0 aliphatic heterocycles. The second kappa shape index (κ2) is 6.86. The molecule has 1 N–H and O–H groups in total. The number of aliphatic hydroxyl groups excluding tert-OH is 1. The topological polar surface area (TPSA) is 59.0 Å². The fourth-order valence-corrected chi connectivity index (χ4v) is 1.35. The number of ether oxygens (including phenoxy) is 2. The number of methoxy groups -OCH3 is 1. The second-order valence-electron chi connectivity index (χ2n) is 3.83. The lowest BCUT2D eigenvalue weighted by atomic mass is 10.2. The molecule has 5 heteroatoms. The fraction of sp³-hybridized carbons (Fsp3) is 0.462. The molecule has 0 heterocycles. The van der Waals surface area contributed by atoms with Crippen molar-refractivity contribution in [1.82, 2.24) is 4.90 Å². The number of hydrogen-bond donors (Lipinski definition) is 1. The van der Waals surface area contributed by atoms with E-state index in [1.165, 1.54) is 0 Å². The third kappa shape index (κ3) is 3.63. The first-order chi connectivity index (χ1) is 8.62. The van der Waals surface area contributed by atoms with Crippen molar-refractivity contribution in [3.05, 3.63) is 23.8 Å². The third-order valence-electron chi connectivity index (χ3n) is 2.70. The van der Waals surface area contributed by atoms with E-state index in [-0.39, 0.29) is 19.1 Å². The molecule has 1 aromatic rings. The van der Waals surface area contributed by atoms with E-state index in [0.717, 1.165) is 0 Å². The maximum atomic E-state index is 11.6. The summed E-state index contributed by atoms with van der Waals surface area (Å²) >= 11 is 0. The Labute approximate surface area is 107 Å². The number of aliphatic hydroxyl groups is 1. The van der Waals surface area contributed by atoms with Gasteiger partial charge in [-0.2, -0.15) is 0 Å². The van der Waals surface area contributed by atoms with Gasteiger partial charge in [-0.1, -0.05) is 0 Å². The van der Waals surface area contributed by atoms with Gasteiger partial charge in [0.1, 0.15) is 11.5 Å². The molecule has 0 atom stereocenters. The summed E-state index contributed by atoms with van der Waals surface area (Å²) in [7, 11) is 3.26. The molecule has 1 rings (SSSR count). The van der Waals surface area contributed by atoms with Gasteiger partial charge in [-0.15, -0.1) is 0 Å². The summed E-state index contributed by atoms with van der Waals surface area (Å²) in [5, 5.41) is 9.19. The highest BCUT2D eigenvalue weighted by molar-refractivity contribution is 5.77. The van der Waals surface area contributed by atoms with Crippen LogP contribution in [0.1, 0.15) is 12.5 Å². The van der Waals surface area contributed by atoms with Crippen LogP contribution in [0.15, 0.2) is 18.2 Å². The van der Waals surface area contributed by atoms with Gasteiger partial charge in [0.15, 0.2) is 6.61 Å². The van der Waals surface area contributed by atoms with Crippen LogP contribution in [0.3, 0.4) is 0 Å². The summed E-state index contributed by atoms with van der Waals surface area (Å²) in [4.78, 5) is 13.2. The van der Waals surface area contributed by atoms with Crippen molar-refractivity contribution in [3.63, 3.8) is 0 Å². The number of carbonyl (C=O) groups excluding carboxylic acids is 1. The van der Waals surface area contributed by atoms with Crippen LogP contribution >= 0.6 is 0 Å². The Morgan fingerprint density at radius 1 is 1.44 bits per heavy atom. The van der Waals surface area contributed by atoms with Crippen LogP contribution in [0, 0.1) is 0 Å². The van der Waals surface area contributed by atoms with Crippen LogP contribution in [0.25, 0.3) is 0 Å². The van der Waals surface area contributed by atoms with Crippen molar-refractivity contribution in [2.24, 2.45) is 0 Å². The zero-order valence-corrected chi connectivity index (χ0v) is 11.0. The molecule has 1 amide bonds. The normalized spacial score (nSPS) is 10.0. The highest BCUT2D eigenvalue weighted by atomic mass is 16.5. The summed E-state index contributed by atoms with van der Waals surface area (Å²) in [6, 6.07) is 5.10. The first-order valence-corrected chi connectivity index (χ1v) is 5.76. The van der Waals surface area contributed by atoms with Crippen molar-refractivity contribution >= 4 is 5.91 Å². The largest absolute Gasteiger partial charge is 0.497 e. The quantitative estimate of drug-likeness (QED) is 0.823. The van der Waals surface area contributed by atoms with E-state index in [9.17, 15) is 9.90 Å². The molecular formula is C13H19NO4. The zero-order chi connectivity index (χ0) is 13.5. The van der Waals surface area contributed by atoms with E-state index in [1.807, 2.05) is 6.92 Å². The van der Waals surface area contributed by atoms with E-state index in [4.69, 9.17) is 9.47 Å². The maximum Gasteiger partial charge on any atom is 0.260 e. The van der Waals surface area contributed by atoms with Gasteiger partial charge in [0.05, 0.1) is 13.7 Å². The first kappa shape index (κ1) is 14.3. The van der Waals surface area contributed by atoms with E-state index < -0.39 is 0 Å². The minimum atomic E-state index is -0.142. The van der Waals surface area contributed by atoms with Gasteiger partial charge in [0.2, 0.25) is 0 Å². The molecule has 0 saturated carbocycles. The van der Waals surface area contributed by atoms with Crippen LogP contribution in [-0.4, -0.2) is 43.2 Å². The number of nitrogens with zero attached hydrogens (tertiary/aromatic N) is 1. The maximum absolute atomic E-state index is 11.6. The van der Waals surface area contributed by atoms with Gasteiger partial charge >= 0.3 is 0 Å². The van der Waals surface area contributed by atoms with Crippen LogP contribution in [0.4, 0.5) is 0 Å². The lowest BCUT2D eigenvalue weighted by molar-refractivity contribution is -0.131. The highest BCUT2D eigenvalue weighted by Gasteiger charge is 2.10. The summed E-state index contributed by atoms with van der Waals surface area (Å²) in [5.41, 5.74) is 0.628. The Morgan fingerprint density at radius 2 is 2.17 bits per heavy atom. The molecule has 0 bridgehead atoms. The van der Waals surface area contributed by atoms with Crippen LogP contribution in [0.2, 0.25) is 0 Å². The number of carbonyl (C=O) groups is 1. The summed E-state index contributed by atoms with van der Waals surface area (Å²) in [6.45, 7) is 2.33. The molecule has 0 unspecified atom stereocenters. The number of amides is 1. The molecule has 1 aromatic carbocycles. The third-order valence-corrected chi connectivity index (χ3v) is 2.70. The van der Waals surface area contributed by atoms with E-state index in [0.29, 0.717) is 23.6 Å². The monoisotopic (exact) mass is 253 g/mol. The predicted molar refractivity (Wildman–Crippen MR) is 67.7 cm³/mol. The summed E-state index contributed by atoms with van der Waals surface area (Å²) < 4.78 is 10.5. The number of rotatable bonds is 6. The van der Waals surface area contributed by atoms with Crippen molar-refractivity contribution in [3.8, 4) is 11.5 Å². The minimum absolute atomic E-state index is 0.0511. The summed E-state index contributed by atoms with van der Waals surface area (Å²) in [5.74, 6) is 0.984. The number of benzene rings is 1. The number of hydrogen-bond acceptors (Lipinski definition) is 4. The average Bonchev–Trinajstić information content (AvgIpc) is 2.43. The van der Waals surface area contributed by atoms with Gasteiger partial charge in [0, 0.05) is 25.2 Å². The second-order valence-corrected chi connectivity index (χ2v) is 3.83. The molecular weight excluding hydrogens is 234 g/mol. The molecule has 5 nitrogen and oxygen atoms in total. The van der Waals surface area contributed by atoms with Gasteiger partial charge in [-0.05, 0) is 19.1 Å². The molecule has 0 aliphatic carbocycles. The van der Waals surface area contributed by atoms with Crippen LogP contribution in [-0.2, 0) is 11.4 Å². The van der Waals surface area contributed by atoms with E-state index >= 15 is 0 Å². The van der Waals surface area contributed by atoms with E-state index in [2.05, 4.69) is 0 Å². The van der Waals surface area contributed by atoms with Crippen molar-refractivity contribution < 1.29 is 19.4 Å². The Hall–Kier alpha value is -1.75. The molecule has 18 heavy (non-hydrogen) atoms. The van der Waals surface area contributed by atoms with Gasteiger partial charge in [0.25, 0.3) is 5.91 Å². The molecule has 0 aliphatic rings. The van der Waals surface area contributed by atoms with Gasteiger partial charge < -0.3 is 19.5 Å².